The van der Waals surface area contributed by atoms with Gasteiger partial charge in [-0.2, -0.15) is 0 Å². The van der Waals surface area contributed by atoms with Gasteiger partial charge in [-0.25, -0.2) is 24.4 Å². The molecule has 0 radical (unpaired) electrons. The minimum atomic E-state index is -2.07. The average molecular weight is 743 g/mol. The Morgan fingerprint density at radius 1 is 1.16 bits per heavy atom. The third kappa shape index (κ3) is 6.37. The van der Waals surface area contributed by atoms with Crippen LogP contribution in [0.25, 0.3) is 0 Å². The summed E-state index contributed by atoms with van der Waals surface area (Å²) in [7, 11) is 0. The van der Waals surface area contributed by atoms with Crippen LogP contribution in [0.1, 0.15) is 22.5 Å². The number of rotatable bonds is 12. The predicted octanol–water partition coefficient (Wildman–Crippen LogP) is -1.30. The lowest BCUT2D eigenvalue weighted by atomic mass is 10.1. The molecule has 21 nitrogen and oxygen atoms in total. The second-order valence-corrected chi connectivity index (χ2v) is 13.0. The highest BCUT2D eigenvalue weighted by atomic mass is 35.5. The molecule has 1 unspecified atom stereocenters. The van der Waals surface area contributed by atoms with Gasteiger partial charge in [-0.15, -0.1) is 11.3 Å². The molecule has 24 heteroatoms. The van der Waals surface area contributed by atoms with E-state index in [0.29, 0.717) is 11.8 Å². The number of phenolic OH excluding ortho intramolecular Hbond substituents is 2. The molecule has 3 aliphatic rings. The Bertz CT molecular complexity index is 1820. The number of hydrazine groups is 1. The fourth-order valence-electron chi connectivity index (χ4n) is 4.95. The summed E-state index contributed by atoms with van der Waals surface area (Å²) in [5, 5.41) is 54.3. The number of nitrogens with one attached hydrogen (secondary N) is 2. The highest BCUT2D eigenvalue weighted by molar-refractivity contribution is 8.02. The van der Waals surface area contributed by atoms with E-state index < -0.39 is 99.3 Å². The highest BCUT2D eigenvalue weighted by Gasteiger charge is 2.66. The Kier molecular flexibility index (Phi) is 9.34. The zero-order valence-electron chi connectivity index (χ0n) is 24.3. The van der Waals surface area contributed by atoms with E-state index in [0.717, 1.165) is 38.3 Å². The van der Waals surface area contributed by atoms with Gasteiger partial charge in [-0.1, -0.05) is 28.5 Å². The molecule has 260 valence electrons. The van der Waals surface area contributed by atoms with Gasteiger partial charge < -0.3 is 46.3 Å². The number of thioether (sulfide) groups is 1. The van der Waals surface area contributed by atoms with Crippen molar-refractivity contribution in [2.75, 3.05) is 25.4 Å². The number of phenols is 2. The number of aromatic hydroxyl groups is 2. The summed E-state index contributed by atoms with van der Waals surface area (Å²) >= 11 is 7.47. The number of nitrogens with two attached hydrogens (primary N) is 1. The van der Waals surface area contributed by atoms with Crippen molar-refractivity contribution < 1.29 is 63.9 Å². The largest absolute Gasteiger partial charge is 0.504 e. The van der Waals surface area contributed by atoms with Gasteiger partial charge in [0.2, 0.25) is 16.9 Å². The molecule has 4 heterocycles. The molecule has 3 saturated heterocycles. The molecule has 5 rings (SSSR count). The summed E-state index contributed by atoms with van der Waals surface area (Å²) in [5.41, 5.74) is 6.75. The van der Waals surface area contributed by atoms with E-state index in [1.54, 1.807) is 0 Å². The molecule has 1 aromatic heterocycles. The number of anilines is 1. The first kappa shape index (κ1) is 34.8. The molecule has 49 heavy (non-hydrogen) atoms. The van der Waals surface area contributed by atoms with Crippen molar-refractivity contribution >= 4 is 87.2 Å². The number of urea groups is 1. The number of carboxylic acids is 3. The van der Waals surface area contributed by atoms with E-state index in [9.17, 15) is 54.0 Å². The minimum Gasteiger partial charge on any atom is -0.504 e. The van der Waals surface area contributed by atoms with Crippen molar-refractivity contribution in [2.24, 2.45) is 5.16 Å². The van der Waals surface area contributed by atoms with Gasteiger partial charge in [0.1, 0.15) is 17.1 Å². The van der Waals surface area contributed by atoms with E-state index >= 15 is 0 Å². The fourth-order valence-corrected chi connectivity index (χ4v) is 7.38. The van der Waals surface area contributed by atoms with Crippen LogP contribution >= 0.6 is 34.7 Å². The van der Waals surface area contributed by atoms with E-state index in [4.69, 9.17) is 27.3 Å². The number of hydrogen-bond donors (Lipinski definition) is 8. The molecule has 0 saturated carbocycles. The molecule has 2 aromatic rings. The van der Waals surface area contributed by atoms with Gasteiger partial charge >= 0.3 is 23.9 Å². The number of fused-ring (bicyclic) bond motifs is 1. The number of thiazole rings is 1. The van der Waals surface area contributed by atoms with Crippen LogP contribution in [0.4, 0.5) is 9.93 Å². The maximum atomic E-state index is 13.4. The van der Waals surface area contributed by atoms with Crippen molar-refractivity contribution in [3.8, 4) is 11.5 Å². The number of benzene rings is 1. The first-order valence-corrected chi connectivity index (χ1v) is 15.7. The lowest BCUT2D eigenvalue weighted by Crippen LogP contribution is -2.68. The Hall–Kier alpha value is -5.55. The zero-order valence-corrected chi connectivity index (χ0v) is 26.7. The number of oxime groups is 1. The number of carbonyl (C=O) groups excluding carboxylic acids is 4. The number of carboxylic acid groups (broad SMARTS) is 3. The van der Waals surface area contributed by atoms with Gasteiger partial charge in [-0.3, -0.25) is 29.5 Å². The summed E-state index contributed by atoms with van der Waals surface area (Å²) in [4.78, 5) is 96.4. The van der Waals surface area contributed by atoms with Crippen molar-refractivity contribution in [3.63, 3.8) is 0 Å². The van der Waals surface area contributed by atoms with Crippen LogP contribution in [0.3, 0.4) is 0 Å². The second kappa shape index (κ2) is 13.2. The van der Waals surface area contributed by atoms with Crippen LogP contribution in [0.15, 0.2) is 22.7 Å². The van der Waals surface area contributed by atoms with Crippen LogP contribution in [0.2, 0.25) is 5.02 Å². The lowest BCUT2D eigenvalue weighted by molar-refractivity contribution is -0.156. The van der Waals surface area contributed by atoms with E-state index in [-0.39, 0.29) is 29.5 Å². The summed E-state index contributed by atoms with van der Waals surface area (Å²) in [6, 6.07) is -0.236. The van der Waals surface area contributed by atoms with Crippen molar-refractivity contribution in [2.45, 2.75) is 28.8 Å². The van der Waals surface area contributed by atoms with E-state index in [1.807, 2.05) is 0 Å². The normalized spacial score (nSPS) is 22.3. The van der Waals surface area contributed by atoms with Gasteiger partial charge in [0.15, 0.2) is 22.3 Å². The average Bonchev–Trinajstić information content (AvgIpc) is 3.74. The summed E-state index contributed by atoms with van der Waals surface area (Å²) in [6.45, 7) is -0.925. The van der Waals surface area contributed by atoms with Crippen LogP contribution in [0.5, 0.6) is 11.5 Å². The molecule has 4 atom stereocenters. The number of carbonyl (C=O) groups is 7. The number of aliphatic carboxylic acids is 3. The van der Waals surface area contributed by atoms with Gasteiger partial charge in [0, 0.05) is 11.9 Å². The smallest absolute Gasteiger partial charge is 0.348 e. The second-order valence-electron chi connectivity index (χ2n) is 10.4. The minimum absolute atomic E-state index is 0.0240. The molecule has 3 aliphatic heterocycles. The third-order valence-electron chi connectivity index (χ3n) is 7.37. The lowest BCUT2D eigenvalue weighted by Gasteiger charge is -2.41. The fraction of sp³-hybridized carbons (Fsp3) is 0.320. The molecule has 3 fully saturated rings. The van der Waals surface area contributed by atoms with Gasteiger partial charge in [-0.05, 0) is 12.1 Å². The monoisotopic (exact) mass is 742 g/mol. The van der Waals surface area contributed by atoms with E-state index in [1.165, 1.54) is 5.38 Å². The topological polar surface area (TPSA) is 315 Å². The number of aromatic nitrogens is 1. The van der Waals surface area contributed by atoms with Crippen LogP contribution in [0, 0.1) is 0 Å². The Labute approximate surface area is 285 Å². The maximum Gasteiger partial charge on any atom is 0.348 e. The Morgan fingerprint density at radius 2 is 1.88 bits per heavy atom. The molecular formula is C25H23ClN8O13S2. The number of hydrogen-bond acceptors (Lipinski definition) is 15. The number of halogens is 1. The Balaban J connectivity index is 1.31. The summed E-state index contributed by atoms with van der Waals surface area (Å²) < 4.78 is 0. The maximum absolute atomic E-state index is 13.4. The first-order chi connectivity index (χ1) is 23.0. The first-order valence-electron chi connectivity index (χ1n) is 13.6. The number of nitrogen functional groups attached to an aromatic ring is 1. The standard InChI is InChI=1S/C25H23ClN8O13S2/c26-13-8(1-2-10(35)16(13)38)17(39)30-34-4-3-33(24(34)46)25(22(44)45)7-32-19(41)15(20(32)49-25)29-18(40)14(9-6-48-23(27)28-9)31-47-11(21(42)43)5-12(36)37/h1-2,6,11,15,20,35,38H,3-5,7H2,(H2,27,28)(H,29,40)(H,30,39)(H,36,37)(H,42,43)(H,44,45)/b31-14-/t11?,15-,20-,25-/m1/s1. The number of nitrogens with zero attached hydrogens (tertiary/aromatic N) is 5. The highest BCUT2D eigenvalue weighted by Crippen LogP contribution is 2.49. The van der Waals surface area contributed by atoms with Gasteiger partial charge in [0.05, 0.1) is 30.1 Å². The van der Waals surface area contributed by atoms with Gasteiger partial charge in [0.25, 0.3) is 11.8 Å². The summed E-state index contributed by atoms with van der Waals surface area (Å²) in [6.07, 6.45) is -3.00. The number of amides is 5. The Morgan fingerprint density at radius 3 is 2.49 bits per heavy atom. The summed E-state index contributed by atoms with van der Waals surface area (Å²) in [5.74, 6) is -8.91. The van der Waals surface area contributed by atoms with Crippen molar-refractivity contribution in [1.29, 1.82) is 0 Å². The molecular weight excluding hydrogens is 720 g/mol. The van der Waals surface area contributed by atoms with Crippen LogP contribution < -0.4 is 16.5 Å². The molecule has 1 aromatic carbocycles. The third-order valence-corrected chi connectivity index (χ3v) is 10.1. The SMILES string of the molecule is Nc1nc(/C(=N/OC(CC(=O)O)C(=O)O)C(=O)N[C@@H]2C(=O)N3C[C@@](C(=O)O)(N4CCN(NC(=O)c5ccc(O)c(O)c5Cl)C4=O)S[C@H]23)cs1. The van der Waals surface area contributed by atoms with E-state index in [2.05, 4.69) is 20.9 Å². The van der Waals surface area contributed by atoms with Crippen molar-refractivity contribution in [3.05, 3.63) is 33.8 Å². The number of β-lactam (4-membered cyclic amide) rings is 1. The van der Waals surface area contributed by atoms with Crippen LogP contribution in [-0.2, 0) is 28.8 Å². The molecule has 0 aliphatic carbocycles. The molecule has 5 amide bonds. The van der Waals surface area contributed by atoms with Crippen molar-refractivity contribution in [1.82, 2.24) is 30.5 Å². The molecule has 0 spiro atoms. The molecule has 9 N–H and O–H groups in total. The predicted molar refractivity (Wildman–Crippen MR) is 164 cm³/mol. The zero-order chi connectivity index (χ0) is 35.9. The van der Waals surface area contributed by atoms with Crippen LogP contribution in [-0.4, -0.2) is 135 Å². The quantitative estimate of drug-likeness (QED) is 0.0542. The molecule has 0 bridgehead atoms.